The number of aliphatic hydroxyl groups excluding tert-OH is 1. The second-order valence-electron chi connectivity index (χ2n) is 15.6. The van der Waals surface area contributed by atoms with Gasteiger partial charge >= 0.3 is 0 Å². The standard InChI is InChI=1S/C27H59NO5Si3/c1-19(29)28-21-17-20(18-31-34(11,12)25(2,3)4)23(32-35(13,14)26(5,6)7)24(22(21)30)33-36(15,16)27(8,9)10/h20-24,30H,17-18H2,1-16H3,(H,28,29)/t20-,21-,22-,23-,24-/m1/s1. The van der Waals surface area contributed by atoms with Crippen molar-refractivity contribution in [3.8, 4) is 0 Å². The maximum Gasteiger partial charge on any atom is 0.217 e. The van der Waals surface area contributed by atoms with E-state index in [1.165, 1.54) is 6.92 Å². The average Bonchev–Trinajstić information content (AvgIpc) is 2.62. The van der Waals surface area contributed by atoms with Crippen LogP contribution in [0.3, 0.4) is 0 Å². The van der Waals surface area contributed by atoms with Gasteiger partial charge < -0.3 is 23.7 Å². The maximum atomic E-state index is 12.1. The van der Waals surface area contributed by atoms with Gasteiger partial charge in [-0.2, -0.15) is 0 Å². The van der Waals surface area contributed by atoms with E-state index < -0.39 is 43.2 Å². The number of hydrogen-bond acceptors (Lipinski definition) is 5. The number of carbonyl (C=O) groups excluding carboxylic acids is 1. The average molecular weight is 562 g/mol. The lowest BCUT2D eigenvalue weighted by atomic mass is 9.80. The quantitative estimate of drug-likeness (QED) is 0.323. The number of hydrogen-bond donors (Lipinski definition) is 2. The Balaban J connectivity index is 3.56. The lowest BCUT2D eigenvalue weighted by Gasteiger charge is -2.52. The Morgan fingerprint density at radius 3 is 1.53 bits per heavy atom. The van der Waals surface area contributed by atoms with E-state index in [4.69, 9.17) is 13.3 Å². The van der Waals surface area contributed by atoms with Crippen molar-refractivity contribution in [3.05, 3.63) is 0 Å². The van der Waals surface area contributed by atoms with Crippen LogP contribution in [0.25, 0.3) is 0 Å². The van der Waals surface area contributed by atoms with E-state index in [1.54, 1.807) is 0 Å². The first kappa shape index (κ1) is 34.0. The molecule has 0 saturated heterocycles. The van der Waals surface area contributed by atoms with E-state index >= 15 is 0 Å². The monoisotopic (exact) mass is 561 g/mol. The predicted molar refractivity (Wildman–Crippen MR) is 159 cm³/mol. The lowest BCUT2D eigenvalue weighted by Crippen LogP contribution is -2.66. The first-order valence-corrected chi connectivity index (χ1v) is 22.4. The van der Waals surface area contributed by atoms with Crippen LogP contribution >= 0.6 is 0 Å². The fourth-order valence-electron chi connectivity index (χ4n) is 3.73. The summed E-state index contributed by atoms with van der Waals surface area (Å²) in [5, 5.41) is 14.7. The van der Waals surface area contributed by atoms with E-state index in [1.807, 2.05) is 0 Å². The van der Waals surface area contributed by atoms with Gasteiger partial charge in [0.1, 0.15) is 6.10 Å². The molecule has 1 saturated carbocycles. The van der Waals surface area contributed by atoms with Gasteiger partial charge in [-0.3, -0.25) is 4.79 Å². The van der Waals surface area contributed by atoms with E-state index in [-0.39, 0.29) is 33.0 Å². The molecule has 9 heteroatoms. The Hall–Kier alpha value is -0.0394. The highest BCUT2D eigenvalue weighted by molar-refractivity contribution is 6.75. The predicted octanol–water partition coefficient (Wildman–Crippen LogP) is 6.67. The normalized spacial score (nSPS) is 27.2. The van der Waals surface area contributed by atoms with E-state index in [9.17, 15) is 9.90 Å². The zero-order chi connectivity index (χ0) is 28.7. The molecule has 0 unspecified atom stereocenters. The van der Waals surface area contributed by atoms with Gasteiger partial charge in [-0.25, -0.2) is 0 Å². The summed E-state index contributed by atoms with van der Waals surface area (Å²) in [5.74, 6) is -0.138. The van der Waals surface area contributed by atoms with Crippen LogP contribution in [0.4, 0.5) is 0 Å². The van der Waals surface area contributed by atoms with Crippen molar-refractivity contribution in [1.29, 1.82) is 0 Å². The van der Waals surface area contributed by atoms with Gasteiger partial charge in [-0.05, 0) is 60.8 Å². The Kier molecular flexibility index (Phi) is 10.6. The minimum atomic E-state index is -2.26. The van der Waals surface area contributed by atoms with Crippen LogP contribution in [-0.4, -0.2) is 66.9 Å². The van der Waals surface area contributed by atoms with Gasteiger partial charge in [0.25, 0.3) is 0 Å². The number of aliphatic hydroxyl groups is 1. The third-order valence-electron chi connectivity index (χ3n) is 9.42. The number of amides is 1. The summed E-state index contributed by atoms with van der Waals surface area (Å²) >= 11 is 0. The van der Waals surface area contributed by atoms with Crippen molar-refractivity contribution >= 4 is 30.9 Å². The van der Waals surface area contributed by atoms with Crippen LogP contribution < -0.4 is 5.32 Å². The van der Waals surface area contributed by atoms with Gasteiger partial charge in [0.15, 0.2) is 25.0 Å². The second kappa shape index (κ2) is 11.2. The molecule has 5 atom stereocenters. The highest BCUT2D eigenvalue weighted by Gasteiger charge is 2.53. The molecule has 1 amide bonds. The van der Waals surface area contributed by atoms with E-state index in [0.717, 1.165) is 0 Å². The molecule has 36 heavy (non-hydrogen) atoms. The van der Waals surface area contributed by atoms with Crippen LogP contribution in [0.5, 0.6) is 0 Å². The van der Waals surface area contributed by atoms with E-state index in [0.29, 0.717) is 13.0 Å². The first-order valence-electron chi connectivity index (χ1n) is 13.7. The molecule has 1 aliphatic carbocycles. The maximum absolute atomic E-state index is 12.1. The minimum Gasteiger partial charge on any atom is -0.416 e. The zero-order valence-corrected chi connectivity index (χ0v) is 29.4. The SMILES string of the molecule is CC(=O)N[C@@H]1C[C@H](CO[Si](C)(C)C(C)(C)C)[C@@H](O[Si](C)(C)C(C)(C)C)[C@H](O[Si](C)(C)C(C)(C)C)[C@@H]1O. The Morgan fingerprint density at radius 2 is 1.17 bits per heavy atom. The largest absolute Gasteiger partial charge is 0.416 e. The van der Waals surface area contributed by atoms with Crippen LogP contribution in [0, 0.1) is 5.92 Å². The summed E-state index contributed by atoms with van der Waals surface area (Å²) in [6.45, 7) is 35.6. The van der Waals surface area contributed by atoms with Crippen LogP contribution in [0.15, 0.2) is 0 Å². The molecular formula is C27H59NO5Si3. The molecule has 6 nitrogen and oxygen atoms in total. The number of carbonyl (C=O) groups is 1. The first-order chi connectivity index (χ1) is 15.7. The zero-order valence-electron chi connectivity index (χ0n) is 26.4. The summed E-state index contributed by atoms with van der Waals surface area (Å²) in [5.41, 5.74) is 0. The molecule has 214 valence electrons. The molecule has 1 rings (SSSR count). The smallest absolute Gasteiger partial charge is 0.217 e. The fraction of sp³-hybridized carbons (Fsp3) is 0.963. The molecule has 0 aliphatic heterocycles. The Labute approximate surface area is 226 Å². The van der Waals surface area contributed by atoms with Crippen molar-refractivity contribution < 1.29 is 23.2 Å². The second-order valence-corrected chi connectivity index (χ2v) is 29.9. The molecule has 0 aromatic heterocycles. The van der Waals surface area contributed by atoms with Gasteiger partial charge in [0.05, 0.1) is 18.2 Å². The molecule has 0 bridgehead atoms. The molecule has 2 N–H and O–H groups in total. The summed E-state index contributed by atoms with van der Waals surface area (Å²) in [6, 6.07) is -0.399. The van der Waals surface area contributed by atoms with Crippen molar-refractivity contribution in [2.45, 2.75) is 154 Å². The van der Waals surface area contributed by atoms with Crippen molar-refractivity contribution in [1.82, 2.24) is 5.32 Å². The third kappa shape index (κ3) is 8.23. The molecule has 0 aromatic rings. The molecule has 0 heterocycles. The summed E-state index contributed by atoms with van der Waals surface area (Å²) < 4.78 is 20.8. The molecule has 1 aliphatic rings. The molecular weight excluding hydrogens is 503 g/mol. The highest BCUT2D eigenvalue weighted by atomic mass is 28.4. The van der Waals surface area contributed by atoms with Gasteiger partial charge in [0.2, 0.25) is 5.91 Å². The van der Waals surface area contributed by atoms with Crippen molar-refractivity contribution in [2.75, 3.05) is 6.61 Å². The van der Waals surface area contributed by atoms with Crippen LogP contribution in [-0.2, 0) is 18.1 Å². The van der Waals surface area contributed by atoms with E-state index in [2.05, 4.69) is 107 Å². The topological polar surface area (TPSA) is 77.0 Å². The van der Waals surface area contributed by atoms with Crippen molar-refractivity contribution in [2.24, 2.45) is 5.92 Å². The molecule has 0 spiro atoms. The molecule has 0 aromatic carbocycles. The summed E-state index contributed by atoms with van der Waals surface area (Å²) in [6.07, 6.45) is -1.07. The van der Waals surface area contributed by atoms with Gasteiger partial charge in [0, 0.05) is 19.4 Å². The van der Waals surface area contributed by atoms with Gasteiger partial charge in [-0.1, -0.05) is 62.3 Å². The van der Waals surface area contributed by atoms with Crippen LogP contribution in [0.1, 0.15) is 75.7 Å². The number of rotatable bonds is 8. The molecule has 1 fully saturated rings. The van der Waals surface area contributed by atoms with Gasteiger partial charge in [-0.15, -0.1) is 0 Å². The lowest BCUT2D eigenvalue weighted by molar-refractivity contribution is -0.132. The fourth-order valence-corrected chi connectivity index (χ4v) is 7.46. The summed E-state index contributed by atoms with van der Waals surface area (Å²) in [4.78, 5) is 12.1. The summed E-state index contributed by atoms with van der Waals surface area (Å²) in [7, 11) is -6.46. The Morgan fingerprint density at radius 1 is 0.778 bits per heavy atom. The number of nitrogens with one attached hydrogen (secondary N) is 1. The van der Waals surface area contributed by atoms with Crippen LogP contribution in [0.2, 0.25) is 54.4 Å². The Bertz CT molecular complexity index is 750. The minimum absolute atomic E-state index is 0.00303. The molecule has 0 radical (unpaired) electrons. The highest BCUT2D eigenvalue weighted by Crippen LogP contribution is 2.45. The third-order valence-corrected chi connectivity index (χ3v) is 22.9. The van der Waals surface area contributed by atoms with Crippen molar-refractivity contribution in [3.63, 3.8) is 0 Å².